The average Bonchev–Trinajstić information content (AvgIpc) is 3.07. The zero-order valence-electron chi connectivity index (χ0n) is 13.2. The van der Waals surface area contributed by atoms with Crippen LogP contribution in [0.15, 0.2) is 41.8 Å². The van der Waals surface area contributed by atoms with E-state index in [1.54, 1.807) is 35.6 Å². The van der Waals surface area contributed by atoms with E-state index in [9.17, 15) is 4.79 Å². The Morgan fingerprint density at radius 2 is 2.09 bits per heavy atom. The minimum Gasteiger partial charge on any atom is -0.484 e. The normalized spacial score (nSPS) is 11.7. The van der Waals surface area contributed by atoms with E-state index in [-0.39, 0.29) is 18.6 Å². The third-order valence-electron chi connectivity index (χ3n) is 3.34. The summed E-state index contributed by atoms with van der Waals surface area (Å²) in [6, 6.07) is 12.9. The van der Waals surface area contributed by atoms with Gasteiger partial charge >= 0.3 is 0 Å². The van der Waals surface area contributed by atoms with E-state index in [1.807, 2.05) is 31.6 Å². The highest BCUT2D eigenvalue weighted by Crippen LogP contribution is 2.22. The van der Waals surface area contributed by atoms with Gasteiger partial charge in [-0.3, -0.25) is 4.79 Å². The lowest BCUT2D eigenvalue weighted by molar-refractivity contribution is -0.123. The molecule has 0 radical (unpaired) electrons. The summed E-state index contributed by atoms with van der Waals surface area (Å²) in [5, 5.41) is 13.7. The molecule has 120 valence electrons. The fraction of sp³-hybridized carbons (Fsp3) is 0.294. The molecule has 0 aliphatic rings. The van der Waals surface area contributed by atoms with Crippen molar-refractivity contribution < 1.29 is 9.53 Å². The highest BCUT2D eigenvalue weighted by Gasteiger charge is 2.16. The zero-order chi connectivity index (χ0) is 16.7. The molecule has 0 saturated heterocycles. The fourth-order valence-corrected chi connectivity index (χ4v) is 2.98. The molecule has 2 aromatic rings. The molecular weight excluding hydrogens is 310 g/mol. The van der Waals surface area contributed by atoms with E-state index < -0.39 is 0 Å². The molecule has 0 saturated carbocycles. The molecule has 1 amide bonds. The number of likely N-dealkylation sites (N-methyl/N-ethyl adjacent to an activating group) is 1. The minimum atomic E-state index is -0.169. The van der Waals surface area contributed by atoms with Crippen LogP contribution >= 0.6 is 11.3 Å². The van der Waals surface area contributed by atoms with Gasteiger partial charge in [0.15, 0.2) is 6.61 Å². The van der Waals surface area contributed by atoms with Gasteiger partial charge in [-0.1, -0.05) is 6.07 Å². The lowest BCUT2D eigenvalue weighted by atomic mass is 10.2. The first-order valence-corrected chi connectivity index (χ1v) is 8.07. The van der Waals surface area contributed by atoms with Crippen LogP contribution in [0, 0.1) is 11.3 Å². The van der Waals surface area contributed by atoms with Crippen LogP contribution in [0.5, 0.6) is 5.75 Å². The van der Waals surface area contributed by atoms with Crippen LogP contribution in [0.4, 0.5) is 0 Å². The number of rotatable bonds is 7. The molecule has 6 heteroatoms. The first-order chi connectivity index (χ1) is 11.1. The summed E-state index contributed by atoms with van der Waals surface area (Å²) in [6.07, 6.45) is 0. The second kappa shape index (κ2) is 8.32. The lowest BCUT2D eigenvalue weighted by Crippen LogP contribution is -2.36. The molecule has 0 fully saturated rings. The average molecular weight is 329 g/mol. The molecule has 1 N–H and O–H groups in total. The first-order valence-electron chi connectivity index (χ1n) is 7.19. The van der Waals surface area contributed by atoms with E-state index in [1.165, 1.54) is 4.88 Å². The van der Waals surface area contributed by atoms with Crippen LogP contribution in [0.25, 0.3) is 0 Å². The summed E-state index contributed by atoms with van der Waals surface area (Å²) >= 11 is 1.67. The molecule has 23 heavy (non-hydrogen) atoms. The number of hydrogen-bond donors (Lipinski definition) is 1. The van der Waals surface area contributed by atoms with E-state index >= 15 is 0 Å². The van der Waals surface area contributed by atoms with Crippen molar-refractivity contribution in [3.63, 3.8) is 0 Å². The number of nitrogens with one attached hydrogen (secondary N) is 1. The van der Waals surface area contributed by atoms with Crippen LogP contribution in [0.3, 0.4) is 0 Å². The number of hydrogen-bond acceptors (Lipinski definition) is 5. The number of thiophene rings is 1. The van der Waals surface area contributed by atoms with Crippen LogP contribution in [0.2, 0.25) is 0 Å². The van der Waals surface area contributed by atoms with Crippen molar-refractivity contribution in [2.75, 3.05) is 27.2 Å². The molecule has 1 heterocycles. The van der Waals surface area contributed by atoms with Gasteiger partial charge in [0.05, 0.1) is 17.7 Å². The van der Waals surface area contributed by atoms with Gasteiger partial charge in [-0.2, -0.15) is 5.26 Å². The monoisotopic (exact) mass is 329 g/mol. The third kappa shape index (κ3) is 5.09. The topological polar surface area (TPSA) is 65.4 Å². The highest BCUT2D eigenvalue weighted by molar-refractivity contribution is 7.10. The predicted molar refractivity (Wildman–Crippen MR) is 90.4 cm³/mol. The van der Waals surface area contributed by atoms with Crippen molar-refractivity contribution in [2.24, 2.45) is 0 Å². The number of nitrogens with zero attached hydrogens (tertiary/aromatic N) is 2. The standard InChI is InChI=1S/C17H19N3O2S/c1-20(2)15(16-4-3-9-23-16)11-19-17(21)12-22-14-7-5-13(10-18)6-8-14/h3-9,15H,11-12H2,1-2H3,(H,19,21)/t15-/m0/s1. The Labute approximate surface area is 140 Å². The van der Waals surface area contributed by atoms with Gasteiger partial charge in [-0.25, -0.2) is 0 Å². The Morgan fingerprint density at radius 1 is 1.35 bits per heavy atom. The Balaban J connectivity index is 1.81. The van der Waals surface area contributed by atoms with Gasteiger partial charge in [0.1, 0.15) is 5.75 Å². The summed E-state index contributed by atoms with van der Waals surface area (Å²) in [5.41, 5.74) is 0.562. The highest BCUT2D eigenvalue weighted by atomic mass is 32.1. The predicted octanol–water partition coefficient (Wildman–Crippen LogP) is 2.42. The first kappa shape index (κ1) is 17.0. The number of carbonyl (C=O) groups excluding carboxylic acids is 1. The second-order valence-corrected chi connectivity index (χ2v) is 6.20. The molecular formula is C17H19N3O2S. The van der Waals surface area contributed by atoms with E-state index in [4.69, 9.17) is 10.00 Å². The van der Waals surface area contributed by atoms with Crippen molar-refractivity contribution >= 4 is 17.2 Å². The Hall–Kier alpha value is -2.36. The van der Waals surface area contributed by atoms with Gasteiger partial charge in [-0.15, -0.1) is 11.3 Å². The van der Waals surface area contributed by atoms with Crippen molar-refractivity contribution in [3.8, 4) is 11.8 Å². The lowest BCUT2D eigenvalue weighted by Gasteiger charge is -2.23. The van der Waals surface area contributed by atoms with Gasteiger partial charge in [0, 0.05) is 11.4 Å². The maximum Gasteiger partial charge on any atom is 0.258 e. The summed E-state index contributed by atoms with van der Waals surface area (Å²) in [4.78, 5) is 15.2. The molecule has 0 aliphatic carbocycles. The third-order valence-corrected chi connectivity index (χ3v) is 4.31. The number of ether oxygens (including phenoxy) is 1. The number of carbonyl (C=O) groups is 1. The molecule has 2 rings (SSSR count). The van der Waals surface area contributed by atoms with Crippen LogP contribution in [-0.4, -0.2) is 38.1 Å². The van der Waals surface area contributed by atoms with Crippen molar-refractivity contribution in [1.82, 2.24) is 10.2 Å². The summed E-state index contributed by atoms with van der Waals surface area (Å²) < 4.78 is 5.42. The van der Waals surface area contributed by atoms with Crippen LogP contribution in [0.1, 0.15) is 16.5 Å². The molecule has 1 aromatic carbocycles. The molecule has 0 aliphatic heterocycles. The van der Waals surface area contributed by atoms with Crippen LogP contribution < -0.4 is 10.1 Å². The van der Waals surface area contributed by atoms with Gasteiger partial charge in [0.2, 0.25) is 0 Å². The molecule has 1 aromatic heterocycles. The molecule has 5 nitrogen and oxygen atoms in total. The quantitative estimate of drug-likeness (QED) is 0.847. The SMILES string of the molecule is CN(C)[C@@H](CNC(=O)COc1ccc(C#N)cc1)c1cccs1. The van der Waals surface area contributed by atoms with Crippen molar-refractivity contribution in [1.29, 1.82) is 5.26 Å². The van der Waals surface area contributed by atoms with Gasteiger partial charge in [0.25, 0.3) is 5.91 Å². The fourth-order valence-electron chi connectivity index (χ4n) is 2.05. The Kier molecular flexibility index (Phi) is 6.15. The maximum atomic E-state index is 11.9. The van der Waals surface area contributed by atoms with Gasteiger partial charge < -0.3 is 15.0 Å². The van der Waals surface area contributed by atoms with E-state index in [0.29, 0.717) is 17.9 Å². The van der Waals surface area contributed by atoms with Crippen molar-refractivity contribution in [3.05, 3.63) is 52.2 Å². The van der Waals surface area contributed by atoms with Crippen molar-refractivity contribution in [2.45, 2.75) is 6.04 Å². The second-order valence-electron chi connectivity index (χ2n) is 5.22. The number of nitriles is 1. The minimum absolute atomic E-state index is 0.0451. The van der Waals surface area contributed by atoms with E-state index in [2.05, 4.69) is 16.3 Å². The summed E-state index contributed by atoms with van der Waals surface area (Å²) in [6.45, 7) is 0.486. The summed E-state index contributed by atoms with van der Waals surface area (Å²) in [5.74, 6) is 0.402. The zero-order valence-corrected chi connectivity index (χ0v) is 14.0. The molecule has 0 spiro atoms. The number of amides is 1. The maximum absolute atomic E-state index is 11.9. The Morgan fingerprint density at radius 3 is 2.65 bits per heavy atom. The van der Waals surface area contributed by atoms with Crippen LogP contribution in [-0.2, 0) is 4.79 Å². The van der Waals surface area contributed by atoms with E-state index in [0.717, 1.165) is 0 Å². The Bertz CT molecular complexity index is 660. The van der Waals surface area contributed by atoms with Gasteiger partial charge in [-0.05, 0) is 49.8 Å². The molecule has 0 unspecified atom stereocenters. The summed E-state index contributed by atoms with van der Waals surface area (Å²) in [7, 11) is 3.98. The smallest absolute Gasteiger partial charge is 0.258 e. The molecule has 1 atom stereocenters. The number of benzene rings is 1. The molecule has 0 bridgehead atoms. The largest absolute Gasteiger partial charge is 0.484 e.